The van der Waals surface area contributed by atoms with Crippen molar-refractivity contribution in [3.05, 3.63) is 45.9 Å². The van der Waals surface area contributed by atoms with Crippen molar-refractivity contribution < 1.29 is 19.7 Å². The van der Waals surface area contributed by atoms with Gasteiger partial charge in [-0.2, -0.15) is 0 Å². The fourth-order valence-electron chi connectivity index (χ4n) is 1.67. The Hall–Kier alpha value is -2.11. The second-order valence-electron chi connectivity index (χ2n) is 4.12. The average molecular weight is 328 g/mol. The summed E-state index contributed by atoms with van der Waals surface area (Å²) in [5.74, 6) is -0.760. The highest BCUT2D eigenvalue weighted by Gasteiger charge is 2.16. The summed E-state index contributed by atoms with van der Waals surface area (Å²) in [7, 11) is 1.44. The highest BCUT2D eigenvalue weighted by molar-refractivity contribution is 6.36. The van der Waals surface area contributed by atoms with Crippen LogP contribution >= 0.6 is 23.2 Å². The monoisotopic (exact) mass is 327 g/mol. The first kappa shape index (κ1) is 15.3. The number of carbonyl (C=O) groups excluding carboxylic acids is 1. The molecule has 2 rings (SSSR count). The molecular formula is C14H11Cl2NO4. The van der Waals surface area contributed by atoms with Crippen molar-refractivity contribution in [2.45, 2.75) is 0 Å². The number of nitrogens with one attached hydrogen (secondary N) is 1. The number of rotatable bonds is 3. The van der Waals surface area contributed by atoms with E-state index in [2.05, 4.69) is 5.32 Å². The molecule has 2 aromatic carbocycles. The molecule has 0 unspecified atom stereocenters. The van der Waals surface area contributed by atoms with Gasteiger partial charge in [0.2, 0.25) is 0 Å². The zero-order valence-electron chi connectivity index (χ0n) is 10.9. The van der Waals surface area contributed by atoms with Crippen LogP contribution in [-0.2, 0) is 0 Å². The van der Waals surface area contributed by atoms with Crippen LogP contribution in [-0.4, -0.2) is 23.2 Å². The van der Waals surface area contributed by atoms with Crippen molar-refractivity contribution in [2.75, 3.05) is 12.4 Å². The van der Waals surface area contributed by atoms with Crippen molar-refractivity contribution in [1.29, 1.82) is 0 Å². The molecule has 2 aromatic rings. The summed E-state index contributed by atoms with van der Waals surface area (Å²) in [6.07, 6.45) is 0. The number of aromatic hydroxyl groups is 2. The molecule has 110 valence electrons. The van der Waals surface area contributed by atoms with E-state index < -0.39 is 5.91 Å². The maximum absolute atomic E-state index is 12.2. The van der Waals surface area contributed by atoms with E-state index in [-0.39, 0.29) is 32.8 Å². The Bertz CT molecular complexity index is 704. The summed E-state index contributed by atoms with van der Waals surface area (Å²) < 4.78 is 4.99. The lowest BCUT2D eigenvalue weighted by atomic mass is 10.1. The van der Waals surface area contributed by atoms with E-state index in [1.165, 1.54) is 37.4 Å². The van der Waals surface area contributed by atoms with E-state index in [9.17, 15) is 15.0 Å². The molecular weight excluding hydrogens is 317 g/mol. The molecule has 0 spiro atoms. The van der Waals surface area contributed by atoms with Crippen LogP contribution in [0.15, 0.2) is 30.3 Å². The smallest absolute Gasteiger partial charge is 0.259 e. The minimum atomic E-state index is -0.639. The molecule has 0 bridgehead atoms. The molecule has 0 aliphatic rings. The average Bonchev–Trinajstić information content (AvgIpc) is 2.44. The first-order valence-electron chi connectivity index (χ1n) is 5.78. The zero-order chi connectivity index (χ0) is 15.6. The van der Waals surface area contributed by atoms with E-state index in [1.807, 2.05) is 0 Å². The van der Waals surface area contributed by atoms with Crippen LogP contribution in [0.1, 0.15) is 10.4 Å². The molecule has 21 heavy (non-hydrogen) atoms. The van der Waals surface area contributed by atoms with E-state index in [4.69, 9.17) is 27.9 Å². The van der Waals surface area contributed by atoms with Crippen molar-refractivity contribution in [3.63, 3.8) is 0 Å². The largest absolute Gasteiger partial charge is 0.507 e. The fourth-order valence-corrected chi connectivity index (χ4v) is 2.17. The van der Waals surface area contributed by atoms with Gasteiger partial charge in [-0.05, 0) is 30.3 Å². The van der Waals surface area contributed by atoms with Crippen LogP contribution in [0.2, 0.25) is 10.0 Å². The van der Waals surface area contributed by atoms with Crippen molar-refractivity contribution in [2.24, 2.45) is 0 Å². The Morgan fingerprint density at radius 2 is 1.90 bits per heavy atom. The van der Waals surface area contributed by atoms with Gasteiger partial charge in [0.25, 0.3) is 5.91 Å². The summed E-state index contributed by atoms with van der Waals surface area (Å²) in [6, 6.07) is 6.90. The Morgan fingerprint density at radius 3 is 2.57 bits per heavy atom. The maximum atomic E-state index is 12.2. The van der Waals surface area contributed by atoms with E-state index >= 15 is 0 Å². The molecule has 1 amide bonds. The second-order valence-corrected chi connectivity index (χ2v) is 4.96. The number of phenolic OH excluding ortho intramolecular Hbond substituents is 2. The molecule has 7 heteroatoms. The van der Waals surface area contributed by atoms with Gasteiger partial charge in [0.1, 0.15) is 11.5 Å². The van der Waals surface area contributed by atoms with Crippen LogP contribution in [0.4, 0.5) is 5.69 Å². The lowest BCUT2D eigenvalue weighted by molar-refractivity contribution is 0.102. The SMILES string of the molecule is COc1ccc(O)c(C(=O)Nc2cc(Cl)cc(Cl)c2O)c1. The van der Waals surface area contributed by atoms with Gasteiger partial charge in [-0.15, -0.1) is 0 Å². The van der Waals surface area contributed by atoms with Gasteiger partial charge in [0.05, 0.1) is 23.4 Å². The number of methoxy groups -OCH3 is 1. The van der Waals surface area contributed by atoms with Crippen molar-refractivity contribution >= 4 is 34.8 Å². The predicted molar refractivity (Wildman–Crippen MR) is 80.7 cm³/mol. The van der Waals surface area contributed by atoms with Gasteiger partial charge >= 0.3 is 0 Å². The quantitative estimate of drug-likeness (QED) is 0.751. The summed E-state index contributed by atoms with van der Waals surface area (Å²) >= 11 is 11.6. The summed E-state index contributed by atoms with van der Waals surface area (Å²) in [5.41, 5.74) is 0.0320. The lowest BCUT2D eigenvalue weighted by Crippen LogP contribution is -2.12. The highest BCUT2D eigenvalue weighted by atomic mass is 35.5. The number of anilines is 1. The lowest BCUT2D eigenvalue weighted by Gasteiger charge is -2.11. The van der Waals surface area contributed by atoms with E-state index in [0.29, 0.717) is 5.75 Å². The number of hydrogen-bond donors (Lipinski definition) is 3. The van der Waals surface area contributed by atoms with Crippen LogP contribution < -0.4 is 10.1 Å². The molecule has 0 aliphatic carbocycles. The summed E-state index contributed by atoms with van der Waals surface area (Å²) in [6.45, 7) is 0. The number of phenols is 2. The summed E-state index contributed by atoms with van der Waals surface area (Å²) in [5, 5.41) is 22.2. The number of carbonyl (C=O) groups is 1. The van der Waals surface area contributed by atoms with Crippen LogP contribution in [0.5, 0.6) is 17.2 Å². The fraction of sp³-hybridized carbons (Fsp3) is 0.0714. The normalized spacial score (nSPS) is 10.2. The molecule has 0 fully saturated rings. The number of amides is 1. The molecule has 0 radical (unpaired) electrons. The highest BCUT2D eigenvalue weighted by Crippen LogP contribution is 2.35. The van der Waals surface area contributed by atoms with Gasteiger partial charge in [0.15, 0.2) is 5.75 Å². The summed E-state index contributed by atoms with van der Waals surface area (Å²) in [4.78, 5) is 12.2. The van der Waals surface area contributed by atoms with Gasteiger partial charge in [-0.3, -0.25) is 4.79 Å². The van der Waals surface area contributed by atoms with Gasteiger partial charge < -0.3 is 20.3 Å². The van der Waals surface area contributed by atoms with Gasteiger partial charge in [-0.25, -0.2) is 0 Å². The number of halogens is 2. The molecule has 0 aliphatic heterocycles. The zero-order valence-corrected chi connectivity index (χ0v) is 12.4. The van der Waals surface area contributed by atoms with Gasteiger partial charge in [0, 0.05) is 5.02 Å². The first-order chi connectivity index (χ1) is 9.92. The van der Waals surface area contributed by atoms with Crippen LogP contribution in [0.25, 0.3) is 0 Å². The second kappa shape index (κ2) is 6.11. The topological polar surface area (TPSA) is 78.8 Å². The molecule has 0 heterocycles. The van der Waals surface area contributed by atoms with Crippen molar-refractivity contribution in [1.82, 2.24) is 0 Å². The van der Waals surface area contributed by atoms with Crippen molar-refractivity contribution in [3.8, 4) is 17.2 Å². The minimum absolute atomic E-state index is 0.00710. The third kappa shape index (κ3) is 3.32. The van der Waals surface area contributed by atoms with E-state index in [1.54, 1.807) is 0 Å². The first-order valence-corrected chi connectivity index (χ1v) is 6.54. The number of ether oxygens (including phenoxy) is 1. The Kier molecular flexibility index (Phi) is 4.45. The molecule has 0 saturated carbocycles. The minimum Gasteiger partial charge on any atom is -0.507 e. The predicted octanol–water partition coefficient (Wildman–Crippen LogP) is 3.67. The molecule has 0 aromatic heterocycles. The standard InChI is InChI=1S/C14H11Cl2NO4/c1-21-8-2-3-12(18)9(6-8)14(20)17-11-5-7(15)4-10(16)13(11)19/h2-6,18-19H,1H3,(H,17,20). The Balaban J connectivity index is 2.34. The Morgan fingerprint density at radius 1 is 1.19 bits per heavy atom. The van der Waals surface area contributed by atoms with Gasteiger partial charge in [-0.1, -0.05) is 23.2 Å². The number of benzene rings is 2. The molecule has 0 atom stereocenters. The Labute approximate surface area is 130 Å². The molecule has 5 nitrogen and oxygen atoms in total. The third-order valence-electron chi connectivity index (χ3n) is 2.72. The number of hydrogen-bond acceptors (Lipinski definition) is 4. The molecule has 3 N–H and O–H groups in total. The maximum Gasteiger partial charge on any atom is 0.259 e. The van der Waals surface area contributed by atoms with Crippen LogP contribution in [0, 0.1) is 0 Å². The molecule has 0 saturated heterocycles. The van der Waals surface area contributed by atoms with E-state index in [0.717, 1.165) is 0 Å². The third-order valence-corrected chi connectivity index (χ3v) is 3.23. The van der Waals surface area contributed by atoms with Crippen LogP contribution in [0.3, 0.4) is 0 Å².